The second kappa shape index (κ2) is 4.75. The predicted octanol–water partition coefficient (Wildman–Crippen LogP) is 2.68. The Morgan fingerprint density at radius 3 is 2.67 bits per heavy atom. The second-order valence-corrected chi connectivity index (χ2v) is 9.77. The van der Waals surface area contributed by atoms with E-state index in [9.17, 15) is 13.2 Å². The van der Waals surface area contributed by atoms with Crippen molar-refractivity contribution in [1.82, 2.24) is 4.31 Å². The maximum Gasteiger partial charge on any atom is 0.271 e. The average molecular weight is 349 g/mol. The van der Waals surface area contributed by atoms with E-state index in [0.717, 1.165) is 19.3 Å². The number of hydrogen-bond acceptors (Lipinski definition) is 4. The minimum absolute atomic E-state index is 0.0411. The van der Waals surface area contributed by atoms with Gasteiger partial charge in [-0.2, -0.15) is 0 Å². The van der Waals surface area contributed by atoms with Crippen molar-refractivity contribution in [1.29, 1.82) is 0 Å². The van der Waals surface area contributed by atoms with Gasteiger partial charge in [0.25, 0.3) is 5.91 Å². The molecule has 3 atom stereocenters. The summed E-state index contributed by atoms with van der Waals surface area (Å²) < 4.78 is 32.3. The van der Waals surface area contributed by atoms with Crippen LogP contribution in [0.3, 0.4) is 0 Å². The van der Waals surface area contributed by atoms with Crippen LogP contribution >= 0.6 is 0 Å². The van der Waals surface area contributed by atoms with E-state index in [0.29, 0.717) is 17.2 Å². The Hall–Kier alpha value is -1.56. The molecule has 0 unspecified atom stereocenters. The molecule has 1 saturated heterocycles. The number of methoxy groups -OCH3 is 1. The van der Waals surface area contributed by atoms with Gasteiger partial charge in [-0.25, -0.2) is 12.7 Å². The summed E-state index contributed by atoms with van der Waals surface area (Å²) in [5, 5.41) is 0. The highest BCUT2D eigenvalue weighted by molar-refractivity contribution is 7.90. The van der Waals surface area contributed by atoms with Gasteiger partial charge in [0.15, 0.2) is 0 Å². The summed E-state index contributed by atoms with van der Waals surface area (Å²) in [5.74, 6) is 0.555. The minimum atomic E-state index is -3.61. The van der Waals surface area contributed by atoms with Crippen LogP contribution < -0.4 is 4.74 Å². The van der Waals surface area contributed by atoms with Crippen molar-refractivity contribution < 1.29 is 17.9 Å². The topological polar surface area (TPSA) is 63.7 Å². The van der Waals surface area contributed by atoms with Gasteiger partial charge in [-0.1, -0.05) is 26.0 Å². The summed E-state index contributed by atoms with van der Waals surface area (Å²) in [4.78, 5) is 13.1. The van der Waals surface area contributed by atoms with Gasteiger partial charge in [0.05, 0.1) is 24.5 Å². The Bertz CT molecular complexity index is 816. The molecule has 6 heteroatoms. The van der Waals surface area contributed by atoms with Crippen LogP contribution in [-0.2, 0) is 10.0 Å². The molecule has 2 saturated carbocycles. The molecule has 24 heavy (non-hydrogen) atoms. The number of nitrogens with zero attached hydrogens (tertiary/aromatic N) is 1. The Labute approximate surface area is 143 Å². The number of fused-ring (bicyclic) bond motifs is 1. The van der Waals surface area contributed by atoms with Gasteiger partial charge >= 0.3 is 0 Å². The molecule has 1 heterocycles. The molecule has 3 fully saturated rings. The largest absolute Gasteiger partial charge is 0.496 e. The van der Waals surface area contributed by atoms with Crippen molar-refractivity contribution in [3.05, 3.63) is 29.8 Å². The maximum atomic E-state index is 13.1. The normalized spacial score (nSPS) is 35.0. The number of ether oxygens (including phenoxy) is 1. The van der Waals surface area contributed by atoms with Crippen LogP contribution in [-0.4, -0.2) is 37.5 Å². The molecule has 2 aliphatic carbocycles. The number of benzene rings is 1. The van der Waals surface area contributed by atoms with Crippen LogP contribution in [0.2, 0.25) is 0 Å². The number of carbonyl (C=O) groups is 1. The fourth-order valence-corrected chi connectivity index (χ4v) is 8.02. The van der Waals surface area contributed by atoms with Crippen molar-refractivity contribution in [2.24, 2.45) is 16.7 Å². The van der Waals surface area contributed by atoms with Crippen LogP contribution in [0, 0.1) is 16.7 Å². The smallest absolute Gasteiger partial charge is 0.271 e. The monoisotopic (exact) mass is 349 g/mol. The SMILES string of the molecule is COc1ccccc1C(=O)N1[C@@H]2C[C@H]3CC[C@]2(CS1(=O)=O)C3(C)C. The van der Waals surface area contributed by atoms with Gasteiger partial charge in [-0.3, -0.25) is 4.79 Å². The zero-order chi connectivity index (χ0) is 17.3. The third-order valence-corrected chi connectivity index (χ3v) is 8.85. The zero-order valence-corrected chi connectivity index (χ0v) is 15.1. The number of amides is 1. The number of hydrogen-bond donors (Lipinski definition) is 0. The third kappa shape index (κ3) is 1.75. The summed E-state index contributed by atoms with van der Waals surface area (Å²) in [7, 11) is -2.11. The van der Waals surface area contributed by atoms with E-state index in [1.165, 1.54) is 11.4 Å². The van der Waals surface area contributed by atoms with Crippen molar-refractivity contribution in [2.45, 2.75) is 39.2 Å². The first kappa shape index (κ1) is 15.9. The van der Waals surface area contributed by atoms with Gasteiger partial charge in [-0.05, 0) is 42.7 Å². The van der Waals surface area contributed by atoms with Gasteiger partial charge in [0, 0.05) is 5.41 Å². The molecule has 0 N–H and O–H groups in total. The summed E-state index contributed by atoms with van der Waals surface area (Å²) in [6, 6.07) is 6.62. The number of sulfonamides is 1. The lowest BCUT2D eigenvalue weighted by molar-refractivity contribution is 0.0698. The number of rotatable bonds is 2. The predicted molar refractivity (Wildman–Crippen MR) is 90.3 cm³/mol. The van der Waals surface area contributed by atoms with E-state index in [1.807, 2.05) is 0 Å². The van der Waals surface area contributed by atoms with Gasteiger partial charge in [0.2, 0.25) is 10.0 Å². The first-order valence-corrected chi connectivity index (χ1v) is 10.0. The van der Waals surface area contributed by atoms with Crippen molar-refractivity contribution in [3.63, 3.8) is 0 Å². The van der Waals surface area contributed by atoms with Crippen LogP contribution in [0.15, 0.2) is 24.3 Å². The van der Waals surface area contributed by atoms with E-state index in [-0.39, 0.29) is 22.6 Å². The minimum Gasteiger partial charge on any atom is -0.496 e. The van der Waals surface area contributed by atoms with Crippen LogP contribution in [0.4, 0.5) is 0 Å². The molecular weight excluding hydrogens is 326 g/mol. The summed E-state index contributed by atoms with van der Waals surface area (Å²) in [6.45, 7) is 4.36. The van der Waals surface area contributed by atoms with E-state index < -0.39 is 15.9 Å². The van der Waals surface area contributed by atoms with Gasteiger partial charge in [-0.15, -0.1) is 0 Å². The van der Waals surface area contributed by atoms with Crippen molar-refractivity contribution >= 4 is 15.9 Å². The summed E-state index contributed by atoms with van der Waals surface area (Å²) >= 11 is 0. The average Bonchev–Trinajstić information content (AvgIpc) is 3.01. The van der Waals surface area contributed by atoms with E-state index in [2.05, 4.69) is 13.8 Å². The van der Waals surface area contributed by atoms with Crippen LogP contribution in [0.5, 0.6) is 5.75 Å². The standard InChI is InChI=1S/C18H23NO4S/c1-17(2)12-8-9-18(17)11-24(21,22)19(15(18)10-12)16(20)13-6-4-5-7-14(13)23-3/h4-7,12,15H,8-11H2,1-3H3/t12-,15-,18-/m1/s1. The van der Waals surface area contributed by atoms with Crippen LogP contribution in [0.1, 0.15) is 43.5 Å². The first-order chi connectivity index (χ1) is 11.2. The van der Waals surface area contributed by atoms with Gasteiger partial charge < -0.3 is 4.74 Å². The molecule has 5 nitrogen and oxygen atoms in total. The molecule has 1 amide bonds. The highest BCUT2D eigenvalue weighted by atomic mass is 32.2. The fraction of sp³-hybridized carbons (Fsp3) is 0.611. The summed E-state index contributed by atoms with van der Waals surface area (Å²) in [6.07, 6.45) is 2.74. The quantitative estimate of drug-likeness (QED) is 0.823. The molecule has 3 aliphatic rings. The first-order valence-electron chi connectivity index (χ1n) is 8.44. The Morgan fingerprint density at radius 1 is 1.29 bits per heavy atom. The highest BCUT2D eigenvalue weighted by Gasteiger charge is 2.72. The summed E-state index contributed by atoms with van der Waals surface area (Å²) in [5.41, 5.74) is -0.0180. The Morgan fingerprint density at radius 2 is 2.00 bits per heavy atom. The van der Waals surface area contributed by atoms with E-state index in [1.54, 1.807) is 24.3 Å². The molecule has 1 spiro atoms. The third-order valence-electron chi connectivity index (χ3n) is 6.95. The second-order valence-electron chi connectivity index (χ2n) is 7.92. The number of para-hydroxylation sites is 1. The zero-order valence-electron chi connectivity index (χ0n) is 14.3. The maximum absolute atomic E-state index is 13.1. The number of carbonyl (C=O) groups excluding carboxylic acids is 1. The van der Waals surface area contributed by atoms with Crippen molar-refractivity contribution in [2.75, 3.05) is 12.9 Å². The molecule has 1 aromatic carbocycles. The lowest BCUT2D eigenvalue weighted by Crippen LogP contribution is -2.44. The Balaban J connectivity index is 1.81. The molecule has 0 aromatic heterocycles. The molecule has 1 aromatic rings. The molecule has 1 aliphatic heterocycles. The molecule has 4 rings (SSSR count). The molecule has 130 valence electrons. The highest BCUT2D eigenvalue weighted by Crippen LogP contribution is 2.70. The molecular formula is C18H23NO4S. The van der Waals surface area contributed by atoms with E-state index >= 15 is 0 Å². The van der Waals surface area contributed by atoms with Crippen molar-refractivity contribution in [3.8, 4) is 5.75 Å². The lowest BCUT2D eigenvalue weighted by atomic mass is 9.69. The van der Waals surface area contributed by atoms with Gasteiger partial charge in [0.1, 0.15) is 5.75 Å². The fourth-order valence-electron chi connectivity index (χ4n) is 5.50. The van der Waals surface area contributed by atoms with Crippen LogP contribution in [0.25, 0.3) is 0 Å². The van der Waals surface area contributed by atoms with E-state index in [4.69, 9.17) is 4.74 Å². The Kier molecular flexibility index (Phi) is 3.15. The lowest BCUT2D eigenvalue weighted by Gasteiger charge is -2.37. The molecule has 2 bridgehead atoms. The molecule has 0 radical (unpaired) electrons.